The molecule has 0 saturated heterocycles. The molecule has 1 aromatic carbocycles. The van der Waals surface area contributed by atoms with Gasteiger partial charge < -0.3 is 10.4 Å². The minimum absolute atomic E-state index is 0.127. The number of thioether (sulfide) groups is 1. The standard InChI is InChI=1S/C15H18ClNO2S/c1-20-10-3-2-8-17-15(19)13-7-6-12(5-4-9-18)14(16)11-13/h6-7,11,18H,2-3,8-10H2,1H3,(H,17,19). The number of hydrogen-bond acceptors (Lipinski definition) is 3. The molecule has 0 unspecified atom stereocenters. The minimum Gasteiger partial charge on any atom is -0.384 e. The number of unbranched alkanes of at least 4 members (excludes halogenated alkanes) is 1. The van der Waals surface area contributed by atoms with E-state index in [-0.39, 0.29) is 12.5 Å². The zero-order valence-corrected chi connectivity index (χ0v) is 13.0. The molecule has 1 rings (SSSR count). The fourth-order valence-electron chi connectivity index (χ4n) is 1.57. The van der Waals surface area contributed by atoms with E-state index in [0.717, 1.165) is 18.6 Å². The molecule has 3 nitrogen and oxygen atoms in total. The molecule has 0 aliphatic carbocycles. The van der Waals surface area contributed by atoms with Crippen molar-refractivity contribution in [3.63, 3.8) is 0 Å². The van der Waals surface area contributed by atoms with E-state index in [9.17, 15) is 4.79 Å². The van der Waals surface area contributed by atoms with E-state index in [0.29, 0.717) is 22.7 Å². The van der Waals surface area contributed by atoms with Crippen molar-refractivity contribution in [2.24, 2.45) is 0 Å². The topological polar surface area (TPSA) is 49.3 Å². The molecule has 2 N–H and O–H groups in total. The summed E-state index contributed by atoms with van der Waals surface area (Å²) >= 11 is 7.85. The van der Waals surface area contributed by atoms with Crippen molar-refractivity contribution in [2.45, 2.75) is 12.8 Å². The summed E-state index contributed by atoms with van der Waals surface area (Å²) in [5.41, 5.74) is 1.13. The Morgan fingerprint density at radius 1 is 1.45 bits per heavy atom. The summed E-state index contributed by atoms with van der Waals surface area (Å²) < 4.78 is 0. The molecule has 0 radical (unpaired) electrons. The molecule has 0 spiro atoms. The number of aliphatic hydroxyl groups excluding tert-OH is 1. The van der Waals surface area contributed by atoms with Crippen molar-refractivity contribution in [2.75, 3.05) is 25.2 Å². The Kier molecular flexibility index (Phi) is 8.20. The predicted molar refractivity (Wildman–Crippen MR) is 85.4 cm³/mol. The smallest absolute Gasteiger partial charge is 0.251 e. The van der Waals surface area contributed by atoms with Crippen molar-refractivity contribution in [3.8, 4) is 11.8 Å². The van der Waals surface area contributed by atoms with Crippen molar-refractivity contribution >= 4 is 29.3 Å². The van der Waals surface area contributed by atoms with E-state index in [2.05, 4.69) is 23.4 Å². The van der Waals surface area contributed by atoms with Crippen LogP contribution in [0.3, 0.4) is 0 Å². The van der Waals surface area contributed by atoms with Gasteiger partial charge in [0.25, 0.3) is 5.91 Å². The van der Waals surface area contributed by atoms with Crippen molar-refractivity contribution in [1.29, 1.82) is 0 Å². The fraction of sp³-hybridized carbons (Fsp3) is 0.400. The summed E-state index contributed by atoms with van der Waals surface area (Å²) in [6.45, 7) is 0.456. The lowest BCUT2D eigenvalue weighted by Gasteiger charge is -2.06. The Hall–Kier alpha value is -1.15. The number of carbonyl (C=O) groups excluding carboxylic acids is 1. The summed E-state index contributed by atoms with van der Waals surface area (Å²) in [6, 6.07) is 4.97. The number of rotatable bonds is 6. The van der Waals surface area contributed by atoms with Crippen LogP contribution in [0.1, 0.15) is 28.8 Å². The molecular weight excluding hydrogens is 294 g/mol. The monoisotopic (exact) mass is 311 g/mol. The molecule has 0 aliphatic rings. The van der Waals surface area contributed by atoms with Gasteiger partial charge >= 0.3 is 0 Å². The first-order valence-electron chi connectivity index (χ1n) is 6.35. The van der Waals surface area contributed by atoms with Gasteiger partial charge in [-0.05, 0) is 43.0 Å². The van der Waals surface area contributed by atoms with E-state index >= 15 is 0 Å². The highest BCUT2D eigenvalue weighted by atomic mass is 35.5. The van der Waals surface area contributed by atoms with Gasteiger partial charge in [-0.15, -0.1) is 0 Å². The Morgan fingerprint density at radius 3 is 2.90 bits per heavy atom. The van der Waals surface area contributed by atoms with Gasteiger partial charge in [0.15, 0.2) is 0 Å². The molecule has 0 bridgehead atoms. The highest BCUT2D eigenvalue weighted by Crippen LogP contribution is 2.17. The van der Waals surface area contributed by atoms with Crippen LogP contribution in [-0.2, 0) is 0 Å². The van der Waals surface area contributed by atoms with Gasteiger partial charge in [-0.25, -0.2) is 0 Å². The van der Waals surface area contributed by atoms with Gasteiger partial charge in [-0.3, -0.25) is 4.79 Å². The van der Waals surface area contributed by atoms with E-state index < -0.39 is 0 Å². The highest BCUT2D eigenvalue weighted by molar-refractivity contribution is 7.98. The van der Waals surface area contributed by atoms with Crippen LogP contribution >= 0.6 is 23.4 Å². The lowest BCUT2D eigenvalue weighted by atomic mass is 10.1. The molecule has 0 aliphatic heterocycles. The van der Waals surface area contributed by atoms with Gasteiger partial charge in [-0.2, -0.15) is 11.8 Å². The van der Waals surface area contributed by atoms with Crippen molar-refractivity contribution in [1.82, 2.24) is 5.32 Å². The summed E-state index contributed by atoms with van der Waals surface area (Å²) in [4.78, 5) is 11.9. The first-order chi connectivity index (χ1) is 9.69. The maximum Gasteiger partial charge on any atom is 0.251 e. The second-order valence-electron chi connectivity index (χ2n) is 4.11. The third-order valence-corrected chi connectivity index (χ3v) is 3.60. The molecule has 1 aromatic rings. The number of aliphatic hydroxyl groups is 1. The van der Waals surface area contributed by atoms with Gasteiger partial charge in [0, 0.05) is 17.7 Å². The van der Waals surface area contributed by atoms with Crippen molar-refractivity contribution < 1.29 is 9.90 Å². The Labute approximate surface area is 129 Å². The van der Waals surface area contributed by atoms with Gasteiger partial charge in [-0.1, -0.05) is 23.4 Å². The largest absolute Gasteiger partial charge is 0.384 e. The molecule has 0 heterocycles. The molecule has 108 valence electrons. The first kappa shape index (κ1) is 16.9. The van der Waals surface area contributed by atoms with Gasteiger partial charge in [0.1, 0.15) is 6.61 Å². The van der Waals surface area contributed by atoms with Crippen molar-refractivity contribution in [3.05, 3.63) is 34.3 Å². The Balaban J connectivity index is 2.54. The van der Waals surface area contributed by atoms with Crippen LogP contribution in [-0.4, -0.2) is 36.2 Å². The maximum absolute atomic E-state index is 11.9. The van der Waals surface area contributed by atoms with Crippen LogP contribution in [0.5, 0.6) is 0 Å². The number of carbonyl (C=O) groups is 1. The van der Waals surface area contributed by atoms with Crippen LogP contribution < -0.4 is 5.32 Å². The molecule has 5 heteroatoms. The van der Waals surface area contributed by atoms with Gasteiger partial charge in [0.2, 0.25) is 0 Å². The SMILES string of the molecule is CSCCCCNC(=O)c1ccc(C#CCO)c(Cl)c1. The normalized spacial score (nSPS) is 9.75. The molecular formula is C15H18ClNO2S. The molecule has 1 amide bonds. The highest BCUT2D eigenvalue weighted by Gasteiger charge is 2.07. The molecule has 0 atom stereocenters. The van der Waals surface area contributed by atoms with Crippen LogP contribution in [0.4, 0.5) is 0 Å². The molecule has 0 saturated carbocycles. The van der Waals surface area contributed by atoms with E-state index in [4.69, 9.17) is 16.7 Å². The minimum atomic E-state index is -0.214. The third kappa shape index (κ3) is 5.87. The number of hydrogen-bond donors (Lipinski definition) is 2. The van der Waals surface area contributed by atoms with Crippen LogP contribution in [0.2, 0.25) is 5.02 Å². The van der Waals surface area contributed by atoms with Gasteiger partial charge in [0.05, 0.1) is 5.02 Å². The van der Waals surface area contributed by atoms with E-state index in [1.807, 2.05) is 0 Å². The molecule has 0 fully saturated rings. The first-order valence-corrected chi connectivity index (χ1v) is 8.12. The third-order valence-electron chi connectivity index (χ3n) is 2.59. The molecule has 20 heavy (non-hydrogen) atoms. The Morgan fingerprint density at radius 2 is 2.25 bits per heavy atom. The average Bonchev–Trinajstić information content (AvgIpc) is 2.45. The fourth-order valence-corrected chi connectivity index (χ4v) is 2.29. The number of halogens is 1. The number of nitrogens with one attached hydrogen (secondary N) is 1. The lowest BCUT2D eigenvalue weighted by Crippen LogP contribution is -2.24. The summed E-state index contributed by atoms with van der Waals surface area (Å²) in [7, 11) is 0. The van der Waals surface area contributed by atoms with Crippen LogP contribution in [0.25, 0.3) is 0 Å². The zero-order valence-electron chi connectivity index (χ0n) is 11.4. The summed E-state index contributed by atoms with van der Waals surface area (Å²) in [6.07, 6.45) is 4.14. The second-order valence-corrected chi connectivity index (χ2v) is 5.50. The summed E-state index contributed by atoms with van der Waals surface area (Å²) in [5.74, 6) is 6.24. The van der Waals surface area contributed by atoms with Crippen LogP contribution in [0, 0.1) is 11.8 Å². The average molecular weight is 312 g/mol. The lowest BCUT2D eigenvalue weighted by molar-refractivity contribution is 0.0953. The zero-order chi connectivity index (χ0) is 14.8. The quantitative estimate of drug-likeness (QED) is 0.627. The summed E-state index contributed by atoms with van der Waals surface area (Å²) in [5, 5.41) is 11.9. The second kappa shape index (κ2) is 9.71. The van der Waals surface area contributed by atoms with Crippen LogP contribution in [0.15, 0.2) is 18.2 Å². The maximum atomic E-state index is 11.9. The molecule has 0 aromatic heterocycles. The number of amides is 1. The number of benzene rings is 1. The predicted octanol–water partition coefficient (Wildman–Crippen LogP) is 2.56. The van der Waals surface area contributed by atoms with E-state index in [1.165, 1.54) is 0 Å². The Bertz CT molecular complexity index is 508. The van der Waals surface area contributed by atoms with E-state index in [1.54, 1.807) is 30.0 Å².